The number of hydrogen-bond acceptors (Lipinski definition) is 5. The number of sulfonamides is 1. The lowest BCUT2D eigenvalue weighted by Crippen LogP contribution is -2.35. The number of imidazole rings is 1. The number of aromatic nitrogens is 2. The molecule has 9 heteroatoms. The second-order valence-corrected chi connectivity index (χ2v) is 9.33. The SMILES string of the molecule is COc1ccc([C@@H](CC(=O)NCCCn2ccnc2)N(C)S(=O)(=O)c2ccccc2)cc1. The third-order valence-corrected chi connectivity index (χ3v) is 7.09. The Balaban J connectivity index is 1.73. The van der Waals surface area contributed by atoms with Crippen molar-refractivity contribution in [1.29, 1.82) is 0 Å². The molecule has 0 radical (unpaired) electrons. The molecule has 0 aliphatic carbocycles. The first-order chi connectivity index (χ1) is 15.4. The van der Waals surface area contributed by atoms with Crippen molar-refractivity contribution in [2.75, 3.05) is 20.7 Å². The van der Waals surface area contributed by atoms with Crippen molar-refractivity contribution in [3.05, 3.63) is 78.9 Å². The Morgan fingerprint density at radius 2 is 1.88 bits per heavy atom. The summed E-state index contributed by atoms with van der Waals surface area (Å²) in [6.07, 6.45) is 6.05. The van der Waals surface area contributed by atoms with Gasteiger partial charge in [0.15, 0.2) is 0 Å². The highest BCUT2D eigenvalue weighted by atomic mass is 32.2. The number of hydrogen-bond donors (Lipinski definition) is 1. The topological polar surface area (TPSA) is 93.5 Å². The van der Waals surface area contributed by atoms with E-state index in [4.69, 9.17) is 4.74 Å². The Kier molecular flexibility index (Phi) is 8.02. The maximum atomic E-state index is 13.2. The van der Waals surface area contributed by atoms with Gasteiger partial charge >= 0.3 is 0 Å². The van der Waals surface area contributed by atoms with Crippen molar-refractivity contribution in [3.63, 3.8) is 0 Å². The first-order valence-electron chi connectivity index (χ1n) is 10.3. The van der Waals surface area contributed by atoms with Crippen LogP contribution in [0.1, 0.15) is 24.4 Å². The predicted molar refractivity (Wildman–Crippen MR) is 122 cm³/mol. The summed E-state index contributed by atoms with van der Waals surface area (Å²) in [6.45, 7) is 1.23. The lowest BCUT2D eigenvalue weighted by molar-refractivity contribution is -0.121. The maximum absolute atomic E-state index is 13.2. The van der Waals surface area contributed by atoms with Gasteiger partial charge in [0.05, 0.1) is 24.4 Å². The highest BCUT2D eigenvalue weighted by Gasteiger charge is 2.30. The quantitative estimate of drug-likeness (QED) is 0.448. The van der Waals surface area contributed by atoms with E-state index >= 15 is 0 Å². The van der Waals surface area contributed by atoms with Crippen molar-refractivity contribution < 1.29 is 17.9 Å². The molecular formula is C23H28N4O4S. The van der Waals surface area contributed by atoms with E-state index in [2.05, 4.69) is 10.3 Å². The van der Waals surface area contributed by atoms with Crippen LogP contribution in [0.5, 0.6) is 5.75 Å². The fourth-order valence-corrected chi connectivity index (χ4v) is 4.73. The summed E-state index contributed by atoms with van der Waals surface area (Å²) in [5, 5.41) is 2.90. The number of methoxy groups -OCH3 is 1. The molecule has 0 aliphatic rings. The summed E-state index contributed by atoms with van der Waals surface area (Å²) in [6, 6.07) is 14.6. The van der Waals surface area contributed by atoms with Crippen LogP contribution in [0.2, 0.25) is 0 Å². The van der Waals surface area contributed by atoms with Gasteiger partial charge in [0.25, 0.3) is 0 Å². The first kappa shape index (κ1) is 23.5. The van der Waals surface area contributed by atoms with Gasteiger partial charge in [0.2, 0.25) is 15.9 Å². The molecule has 8 nitrogen and oxygen atoms in total. The van der Waals surface area contributed by atoms with E-state index < -0.39 is 16.1 Å². The van der Waals surface area contributed by atoms with Gasteiger partial charge in [-0.2, -0.15) is 4.31 Å². The van der Waals surface area contributed by atoms with Crippen molar-refractivity contribution >= 4 is 15.9 Å². The summed E-state index contributed by atoms with van der Waals surface area (Å²) >= 11 is 0. The number of ether oxygens (including phenoxy) is 1. The molecule has 0 aliphatic heterocycles. The van der Waals surface area contributed by atoms with Crippen LogP contribution in [0.25, 0.3) is 0 Å². The molecule has 0 saturated carbocycles. The molecule has 0 saturated heterocycles. The summed E-state index contributed by atoms with van der Waals surface area (Å²) in [7, 11) is -0.722. The Hall–Kier alpha value is -3.17. The highest BCUT2D eigenvalue weighted by Crippen LogP contribution is 2.30. The normalized spacial score (nSPS) is 12.5. The Bertz CT molecular complexity index is 1080. The number of benzene rings is 2. The van der Waals surface area contributed by atoms with Crippen molar-refractivity contribution in [2.45, 2.75) is 30.3 Å². The van der Waals surface area contributed by atoms with Gasteiger partial charge in [0, 0.05) is 39.0 Å². The lowest BCUT2D eigenvalue weighted by atomic mass is 10.0. The molecule has 3 aromatic rings. The van der Waals surface area contributed by atoms with E-state index in [1.54, 1.807) is 74.2 Å². The van der Waals surface area contributed by atoms with Crippen LogP contribution in [0.15, 0.2) is 78.2 Å². The van der Waals surface area contributed by atoms with Gasteiger partial charge in [-0.3, -0.25) is 4.79 Å². The van der Waals surface area contributed by atoms with Gasteiger partial charge in [-0.25, -0.2) is 13.4 Å². The number of carbonyl (C=O) groups is 1. The minimum Gasteiger partial charge on any atom is -0.497 e. The van der Waals surface area contributed by atoms with Gasteiger partial charge in [-0.05, 0) is 36.2 Å². The van der Waals surface area contributed by atoms with Crippen LogP contribution in [0.4, 0.5) is 0 Å². The van der Waals surface area contributed by atoms with Crippen LogP contribution < -0.4 is 10.1 Å². The molecule has 170 valence electrons. The van der Waals surface area contributed by atoms with Crippen LogP contribution >= 0.6 is 0 Å². The molecule has 0 fully saturated rings. The second kappa shape index (κ2) is 10.9. The first-order valence-corrected chi connectivity index (χ1v) is 11.8. The predicted octanol–water partition coefficient (Wildman–Crippen LogP) is 2.85. The van der Waals surface area contributed by atoms with E-state index in [1.807, 2.05) is 10.8 Å². The standard InChI is InChI=1S/C23H28N4O4S/c1-26(32(29,30)21-7-4-3-5-8-21)22(19-9-11-20(31-2)12-10-19)17-23(28)25-13-6-15-27-16-14-24-18-27/h3-5,7-12,14,16,18,22H,6,13,15,17H2,1-2H3,(H,25,28)/t22-/m1/s1. The second-order valence-electron chi connectivity index (χ2n) is 7.33. The van der Waals surface area contributed by atoms with Crippen molar-refractivity contribution in [2.24, 2.45) is 0 Å². The van der Waals surface area contributed by atoms with Gasteiger partial charge in [-0.1, -0.05) is 30.3 Å². The van der Waals surface area contributed by atoms with Crippen LogP contribution in [-0.2, 0) is 21.4 Å². The van der Waals surface area contributed by atoms with Crippen LogP contribution in [0, 0.1) is 0 Å². The molecule has 1 atom stereocenters. The van der Waals surface area contributed by atoms with Crippen molar-refractivity contribution in [3.8, 4) is 5.75 Å². The number of rotatable bonds is 11. The lowest BCUT2D eigenvalue weighted by Gasteiger charge is -2.28. The summed E-state index contributed by atoms with van der Waals surface area (Å²) in [5.74, 6) is 0.441. The maximum Gasteiger partial charge on any atom is 0.243 e. The van der Waals surface area contributed by atoms with E-state index in [0.29, 0.717) is 17.9 Å². The average Bonchev–Trinajstić information content (AvgIpc) is 3.34. The molecule has 0 spiro atoms. The van der Waals surface area contributed by atoms with E-state index in [0.717, 1.165) is 13.0 Å². The van der Waals surface area contributed by atoms with Gasteiger partial charge in [-0.15, -0.1) is 0 Å². The van der Waals surface area contributed by atoms with Crippen molar-refractivity contribution in [1.82, 2.24) is 19.2 Å². The molecule has 32 heavy (non-hydrogen) atoms. The smallest absolute Gasteiger partial charge is 0.243 e. The molecule has 1 amide bonds. The largest absolute Gasteiger partial charge is 0.497 e. The average molecular weight is 457 g/mol. The minimum atomic E-state index is -3.79. The zero-order chi connectivity index (χ0) is 23.0. The number of carbonyl (C=O) groups excluding carboxylic acids is 1. The van der Waals surface area contributed by atoms with E-state index in [-0.39, 0.29) is 17.2 Å². The molecule has 2 aromatic carbocycles. The molecule has 1 heterocycles. The summed E-state index contributed by atoms with van der Waals surface area (Å²) < 4.78 is 34.8. The fourth-order valence-electron chi connectivity index (χ4n) is 3.36. The highest BCUT2D eigenvalue weighted by molar-refractivity contribution is 7.89. The Morgan fingerprint density at radius 3 is 2.50 bits per heavy atom. The monoisotopic (exact) mass is 456 g/mol. The summed E-state index contributed by atoms with van der Waals surface area (Å²) in [5.41, 5.74) is 0.710. The third kappa shape index (κ3) is 5.95. The van der Waals surface area contributed by atoms with Gasteiger partial charge in [0.1, 0.15) is 5.75 Å². The van der Waals surface area contributed by atoms with E-state index in [1.165, 1.54) is 11.4 Å². The number of amides is 1. The Morgan fingerprint density at radius 1 is 1.16 bits per heavy atom. The van der Waals surface area contributed by atoms with Gasteiger partial charge < -0.3 is 14.6 Å². The molecule has 0 bridgehead atoms. The number of nitrogens with zero attached hydrogens (tertiary/aromatic N) is 3. The van der Waals surface area contributed by atoms with Crippen LogP contribution in [0.3, 0.4) is 0 Å². The zero-order valence-electron chi connectivity index (χ0n) is 18.2. The molecular weight excluding hydrogens is 428 g/mol. The third-order valence-electron chi connectivity index (χ3n) is 5.21. The summed E-state index contributed by atoms with van der Waals surface area (Å²) in [4.78, 5) is 16.9. The minimum absolute atomic E-state index is 0.0000320. The zero-order valence-corrected chi connectivity index (χ0v) is 19.0. The molecule has 1 aromatic heterocycles. The van der Waals surface area contributed by atoms with E-state index in [9.17, 15) is 13.2 Å². The number of aryl methyl sites for hydroxylation is 1. The molecule has 3 rings (SSSR count). The molecule has 1 N–H and O–H groups in total. The fraction of sp³-hybridized carbons (Fsp3) is 0.304. The molecule has 0 unspecified atom stereocenters. The van der Waals surface area contributed by atoms with Crippen LogP contribution in [-0.4, -0.2) is 48.9 Å². The Labute approximate surface area is 188 Å². The number of nitrogens with one attached hydrogen (secondary N) is 1.